The van der Waals surface area contributed by atoms with Gasteiger partial charge in [0.15, 0.2) is 5.84 Å². The van der Waals surface area contributed by atoms with Crippen LogP contribution < -0.4 is 10.5 Å². The molecule has 0 atom stereocenters. The predicted octanol–water partition coefficient (Wildman–Crippen LogP) is 1.72. The van der Waals surface area contributed by atoms with Crippen LogP contribution in [0.2, 0.25) is 0 Å². The van der Waals surface area contributed by atoms with E-state index in [2.05, 4.69) is 20.7 Å². The highest BCUT2D eigenvalue weighted by molar-refractivity contribution is 5.97. The molecule has 1 saturated carbocycles. The largest absolute Gasteiger partial charge is 0.491 e. The van der Waals surface area contributed by atoms with Crippen LogP contribution in [0, 0.1) is 5.92 Å². The topological polar surface area (TPSA) is 111 Å². The van der Waals surface area contributed by atoms with Crippen molar-refractivity contribution in [2.24, 2.45) is 16.8 Å². The maximum absolute atomic E-state index is 8.84. The fourth-order valence-corrected chi connectivity index (χ4v) is 2.87. The third-order valence-corrected chi connectivity index (χ3v) is 4.16. The molecule has 122 valence electrons. The number of ether oxygens (including phenoxy) is 1. The number of amidine groups is 1. The van der Waals surface area contributed by atoms with Crippen LogP contribution in [0.4, 0.5) is 0 Å². The molecule has 0 bridgehead atoms. The zero-order valence-electron chi connectivity index (χ0n) is 12.8. The van der Waals surface area contributed by atoms with Crippen LogP contribution in [-0.2, 0) is 0 Å². The van der Waals surface area contributed by atoms with Gasteiger partial charge in [-0.05, 0) is 47.4 Å². The molecule has 1 aromatic heterocycles. The monoisotopic (exact) mass is 316 g/mol. The van der Waals surface area contributed by atoms with Gasteiger partial charge in [-0.2, -0.15) is 4.68 Å². The second-order valence-electron chi connectivity index (χ2n) is 5.74. The van der Waals surface area contributed by atoms with E-state index in [-0.39, 0.29) is 5.84 Å². The zero-order valence-corrected chi connectivity index (χ0v) is 12.8. The van der Waals surface area contributed by atoms with E-state index in [1.807, 2.05) is 0 Å². The van der Waals surface area contributed by atoms with Gasteiger partial charge in [0.2, 0.25) is 0 Å². The Bertz CT molecular complexity index is 665. The number of hydrogen-bond donors (Lipinski definition) is 2. The molecule has 0 saturated heterocycles. The molecule has 1 fully saturated rings. The van der Waals surface area contributed by atoms with Gasteiger partial charge in [-0.1, -0.05) is 24.4 Å². The lowest BCUT2D eigenvalue weighted by atomic mass is 9.90. The summed E-state index contributed by atoms with van der Waals surface area (Å²) in [5, 5.41) is 23.1. The number of nitrogens with two attached hydrogens (primary N) is 1. The lowest BCUT2D eigenvalue weighted by Crippen LogP contribution is -2.17. The van der Waals surface area contributed by atoms with Crippen LogP contribution in [0.25, 0.3) is 5.69 Å². The Labute approximate surface area is 133 Å². The quantitative estimate of drug-likeness (QED) is 0.376. The lowest BCUT2D eigenvalue weighted by Gasteiger charge is -2.22. The molecule has 1 heterocycles. The van der Waals surface area contributed by atoms with Gasteiger partial charge in [0.05, 0.1) is 6.61 Å². The Hall–Kier alpha value is -2.64. The normalized spacial score (nSPS) is 16.4. The van der Waals surface area contributed by atoms with Crippen LogP contribution in [0.15, 0.2) is 29.7 Å². The molecule has 0 amide bonds. The Morgan fingerprint density at radius 2 is 2.17 bits per heavy atom. The fourth-order valence-electron chi connectivity index (χ4n) is 2.87. The molecule has 3 N–H and O–H groups in total. The Kier molecular flexibility index (Phi) is 4.70. The molecule has 1 aromatic carbocycles. The summed E-state index contributed by atoms with van der Waals surface area (Å²) in [6, 6.07) is 5.29. The standard InChI is InChI=1S/C15H20N6O2/c16-15(18-22)12-6-7-14(13(8-12)21-10-17-19-20-21)23-9-11-4-2-1-3-5-11/h6-8,10-11,22H,1-5,9H2,(H2,16,18). The summed E-state index contributed by atoms with van der Waals surface area (Å²) in [6.45, 7) is 0.679. The minimum Gasteiger partial charge on any atom is -0.491 e. The SMILES string of the molecule is NC(=NO)c1ccc(OCC2CCCCC2)c(-n2cnnn2)c1. The van der Waals surface area contributed by atoms with Crippen molar-refractivity contribution in [1.82, 2.24) is 20.2 Å². The lowest BCUT2D eigenvalue weighted by molar-refractivity contribution is 0.208. The summed E-state index contributed by atoms with van der Waals surface area (Å²) in [5.41, 5.74) is 6.89. The minimum atomic E-state index is 0.0261. The van der Waals surface area contributed by atoms with Crippen molar-refractivity contribution in [3.05, 3.63) is 30.1 Å². The summed E-state index contributed by atoms with van der Waals surface area (Å²) >= 11 is 0. The Morgan fingerprint density at radius 3 is 2.87 bits per heavy atom. The molecule has 8 nitrogen and oxygen atoms in total. The van der Waals surface area contributed by atoms with Crippen molar-refractivity contribution < 1.29 is 9.94 Å². The van der Waals surface area contributed by atoms with Crippen molar-refractivity contribution in [1.29, 1.82) is 0 Å². The second-order valence-corrected chi connectivity index (χ2v) is 5.74. The average molecular weight is 316 g/mol. The van der Waals surface area contributed by atoms with E-state index in [0.717, 1.165) is 0 Å². The molecule has 2 aromatic rings. The maximum Gasteiger partial charge on any atom is 0.170 e. The molecule has 0 aliphatic heterocycles. The van der Waals surface area contributed by atoms with Crippen molar-refractivity contribution in [3.63, 3.8) is 0 Å². The Morgan fingerprint density at radius 1 is 1.35 bits per heavy atom. The highest BCUT2D eigenvalue weighted by Crippen LogP contribution is 2.27. The van der Waals surface area contributed by atoms with E-state index < -0.39 is 0 Å². The van der Waals surface area contributed by atoms with E-state index in [1.54, 1.807) is 18.2 Å². The van der Waals surface area contributed by atoms with Crippen molar-refractivity contribution in [3.8, 4) is 11.4 Å². The van der Waals surface area contributed by atoms with Gasteiger partial charge in [0.25, 0.3) is 0 Å². The first kappa shape index (κ1) is 15.3. The maximum atomic E-state index is 8.84. The number of oxime groups is 1. The number of hydrogen-bond acceptors (Lipinski definition) is 6. The summed E-state index contributed by atoms with van der Waals surface area (Å²) in [5.74, 6) is 1.30. The molecular formula is C15H20N6O2. The first-order chi connectivity index (χ1) is 11.3. The number of tetrazole rings is 1. The molecular weight excluding hydrogens is 296 g/mol. The summed E-state index contributed by atoms with van der Waals surface area (Å²) < 4.78 is 7.51. The molecule has 23 heavy (non-hydrogen) atoms. The van der Waals surface area contributed by atoms with Gasteiger partial charge in [-0.3, -0.25) is 0 Å². The Balaban J connectivity index is 1.83. The van der Waals surface area contributed by atoms with Crippen LogP contribution in [0.3, 0.4) is 0 Å². The number of rotatable bonds is 5. The molecule has 1 aliphatic carbocycles. The highest BCUT2D eigenvalue weighted by Gasteiger charge is 2.16. The van der Waals surface area contributed by atoms with Gasteiger partial charge < -0.3 is 15.7 Å². The van der Waals surface area contributed by atoms with Crippen molar-refractivity contribution in [2.75, 3.05) is 6.61 Å². The van der Waals surface area contributed by atoms with Crippen LogP contribution >= 0.6 is 0 Å². The average Bonchev–Trinajstić information content (AvgIpc) is 3.14. The molecule has 0 unspecified atom stereocenters. The molecule has 0 radical (unpaired) electrons. The van der Waals surface area contributed by atoms with E-state index in [9.17, 15) is 0 Å². The van der Waals surface area contributed by atoms with Crippen molar-refractivity contribution >= 4 is 5.84 Å². The molecule has 1 aliphatic rings. The molecule has 0 spiro atoms. The van der Waals surface area contributed by atoms with E-state index in [1.165, 1.54) is 43.1 Å². The van der Waals surface area contributed by atoms with Gasteiger partial charge in [-0.15, -0.1) is 5.10 Å². The van der Waals surface area contributed by atoms with Crippen LogP contribution in [0.5, 0.6) is 5.75 Å². The summed E-state index contributed by atoms with van der Waals surface area (Å²) in [7, 11) is 0. The van der Waals surface area contributed by atoms with Gasteiger partial charge >= 0.3 is 0 Å². The van der Waals surface area contributed by atoms with Crippen LogP contribution in [0.1, 0.15) is 37.7 Å². The summed E-state index contributed by atoms with van der Waals surface area (Å²) in [6.07, 6.45) is 7.77. The van der Waals surface area contributed by atoms with E-state index >= 15 is 0 Å². The number of nitrogens with zero attached hydrogens (tertiary/aromatic N) is 5. The summed E-state index contributed by atoms with van der Waals surface area (Å²) in [4.78, 5) is 0. The van der Waals surface area contributed by atoms with Gasteiger partial charge in [0, 0.05) is 5.56 Å². The van der Waals surface area contributed by atoms with Crippen molar-refractivity contribution in [2.45, 2.75) is 32.1 Å². The predicted molar refractivity (Wildman–Crippen MR) is 83.7 cm³/mol. The van der Waals surface area contributed by atoms with E-state index in [0.29, 0.717) is 29.5 Å². The zero-order chi connectivity index (χ0) is 16.1. The number of aromatic nitrogens is 4. The number of benzene rings is 1. The third-order valence-electron chi connectivity index (χ3n) is 4.16. The fraction of sp³-hybridized carbons (Fsp3) is 0.467. The first-order valence-electron chi connectivity index (χ1n) is 7.76. The smallest absolute Gasteiger partial charge is 0.170 e. The van der Waals surface area contributed by atoms with Gasteiger partial charge in [-0.25, -0.2) is 0 Å². The molecule has 8 heteroatoms. The van der Waals surface area contributed by atoms with E-state index in [4.69, 9.17) is 15.7 Å². The van der Waals surface area contributed by atoms with Gasteiger partial charge in [0.1, 0.15) is 17.8 Å². The highest BCUT2D eigenvalue weighted by atomic mass is 16.5. The van der Waals surface area contributed by atoms with Crippen LogP contribution in [-0.4, -0.2) is 37.9 Å². The first-order valence-corrected chi connectivity index (χ1v) is 7.76. The minimum absolute atomic E-state index is 0.0261. The molecule has 3 rings (SSSR count). The second kappa shape index (κ2) is 7.08. The third kappa shape index (κ3) is 3.58.